The molecule has 0 saturated heterocycles. The van der Waals surface area contributed by atoms with Gasteiger partial charge in [-0.3, -0.25) is 0 Å². The van der Waals surface area contributed by atoms with E-state index in [0.717, 1.165) is 29.9 Å². The smallest absolute Gasteiger partial charge is 0.128 e. The van der Waals surface area contributed by atoms with Crippen LogP contribution in [0.1, 0.15) is 41.2 Å². The summed E-state index contributed by atoms with van der Waals surface area (Å²) in [5.41, 5.74) is 5.70. The number of fused-ring (bicyclic) bond motifs is 1. The molecular formula is C22H26O3. The van der Waals surface area contributed by atoms with Crippen LogP contribution in [0.2, 0.25) is 0 Å². The van der Waals surface area contributed by atoms with Gasteiger partial charge in [0, 0.05) is 5.56 Å². The van der Waals surface area contributed by atoms with Gasteiger partial charge in [0.15, 0.2) is 0 Å². The highest BCUT2D eigenvalue weighted by Crippen LogP contribution is 2.36. The van der Waals surface area contributed by atoms with Crippen LogP contribution < -0.4 is 9.47 Å². The van der Waals surface area contributed by atoms with Gasteiger partial charge in [-0.2, -0.15) is 0 Å². The highest BCUT2D eigenvalue weighted by Gasteiger charge is 2.28. The van der Waals surface area contributed by atoms with Gasteiger partial charge in [-0.25, -0.2) is 0 Å². The molecule has 132 valence electrons. The first-order valence-corrected chi connectivity index (χ1v) is 8.68. The summed E-state index contributed by atoms with van der Waals surface area (Å²) in [6.07, 6.45) is 5.96. The van der Waals surface area contributed by atoms with Gasteiger partial charge in [0.1, 0.15) is 22.8 Å². The van der Waals surface area contributed by atoms with Gasteiger partial charge in [0.05, 0.1) is 7.11 Å². The second-order valence-corrected chi connectivity index (χ2v) is 7.09. The van der Waals surface area contributed by atoms with Crippen molar-refractivity contribution < 1.29 is 14.6 Å². The Bertz CT molecular complexity index is 836. The van der Waals surface area contributed by atoms with Crippen molar-refractivity contribution in [1.82, 2.24) is 0 Å². The Morgan fingerprint density at radius 1 is 1.12 bits per heavy atom. The minimum Gasteiger partial charge on any atom is -0.508 e. The molecular weight excluding hydrogens is 312 g/mol. The standard InChI is InChI=1S/C22H26O3/c1-14-12-21(24-5)16(3)15(2)19(14)9-11-22(4)10-8-17-13-18(23)6-7-20(17)25-22/h6-8,10,12-13,23H,9,11H2,1-5H3. The van der Waals surface area contributed by atoms with E-state index in [-0.39, 0.29) is 11.4 Å². The van der Waals surface area contributed by atoms with E-state index < -0.39 is 0 Å². The summed E-state index contributed by atoms with van der Waals surface area (Å²) in [5, 5.41) is 9.60. The zero-order valence-corrected chi connectivity index (χ0v) is 15.6. The van der Waals surface area contributed by atoms with E-state index in [4.69, 9.17) is 9.47 Å². The third-order valence-corrected chi connectivity index (χ3v) is 5.25. The summed E-state index contributed by atoms with van der Waals surface area (Å²) < 4.78 is 11.7. The Labute approximate surface area is 149 Å². The van der Waals surface area contributed by atoms with Crippen molar-refractivity contribution >= 4 is 6.08 Å². The highest BCUT2D eigenvalue weighted by atomic mass is 16.5. The first-order chi connectivity index (χ1) is 11.8. The molecule has 2 aromatic carbocycles. The number of hydrogen-bond donors (Lipinski definition) is 1. The molecule has 1 heterocycles. The number of phenolic OH excluding ortho intramolecular Hbond substituents is 1. The van der Waals surface area contributed by atoms with Gasteiger partial charge in [0.25, 0.3) is 0 Å². The normalized spacial score (nSPS) is 18.6. The first kappa shape index (κ1) is 17.4. The maximum Gasteiger partial charge on any atom is 0.128 e. The number of ether oxygens (including phenoxy) is 2. The summed E-state index contributed by atoms with van der Waals surface area (Å²) in [6, 6.07) is 7.35. The van der Waals surface area contributed by atoms with Crippen molar-refractivity contribution in [2.45, 2.75) is 46.1 Å². The molecule has 3 nitrogen and oxygen atoms in total. The number of rotatable bonds is 4. The van der Waals surface area contributed by atoms with Crippen LogP contribution in [-0.4, -0.2) is 17.8 Å². The second-order valence-electron chi connectivity index (χ2n) is 7.09. The molecule has 0 fully saturated rings. The minimum atomic E-state index is -0.351. The molecule has 1 aliphatic rings. The Hall–Kier alpha value is -2.42. The van der Waals surface area contributed by atoms with E-state index in [2.05, 4.69) is 39.8 Å². The van der Waals surface area contributed by atoms with Crippen molar-refractivity contribution in [3.05, 3.63) is 58.2 Å². The molecule has 0 bridgehead atoms. The molecule has 0 spiro atoms. The van der Waals surface area contributed by atoms with Crippen LogP contribution in [0.4, 0.5) is 0 Å². The Morgan fingerprint density at radius 3 is 2.60 bits per heavy atom. The third-order valence-electron chi connectivity index (χ3n) is 5.25. The summed E-state index contributed by atoms with van der Waals surface area (Å²) >= 11 is 0. The van der Waals surface area contributed by atoms with Gasteiger partial charge in [-0.05, 0) is 93.1 Å². The number of aromatic hydroxyl groups is 1. The maximum atomic E-state index is 9.60. The average Bonchev–Trinajstić information content (AvgIpc) is 2.58. The van der Waals surface area contributed by atoms with Gasteiger partial charge in [-0.1, -0.05) is 6.08 Å². The molecule has 0 aliphatic carbocycles. The van der Waals surface area contributed by atoms with Gasteiger partial charge >= 0.3 is 0 Å². The molecule has 0 saturated carbocycles. The topological polar surface area (TPSA) is 38.7 Å². The van der Waals surface area contributed by atoms with Crippen LogP contribution in [0.15, 0.2) is 30.3 Å². The predicted molar refractivity (Wildman–Crippen MR) is 102 cm³/mol. The fraction of sp³-hybridized carbons (Fsp3) is 0.364. The lowest BCUT2D eigenvalue weighted by Crippen LogP contribution is -2.32. The molecule has 3 rings (SSSR count). The molecule has 1 N–H and O–H groups in total. The van der Waals surface area contributed by atoms with Crippen LogP contribution in [-0.2, 0) is 6.42 Å². The molecule has 3 heteroatoms. The van der Waals surface area contributed by atoms with E-state index in [9.17, 15) is 5.11 Å². The van der Waals surface area contributed by atoms with E-state index in [0.29, 0.717) is 0 Å². The molecule has 1 unspecified atom stereocenters. The summed E-state index contributed by atoms with van der Waals surface area (Å²) in [5.74, 6) is 2.03. The predicted octanol–water partition coefficient (Wildman–Crippen LogP) is 5.12. The van der Waals surface area contributed by atoms with Crippen LogP contribution >= 0.6 is 0 Å². The molecule has 0 radical (unpaired) electrons. The van der Waals surface area contributed by atoms with E-state index in [1.807, 2.05) is 12.1 Å². The molecule has 25 heavy (non-hydrogen) atoms. The van der Waals surface area contributed by atoms with Crippen molar-refractivity contribution in [3.8, 4) is 17.2 Å². The van der Waals surface area contributed by atoms with E-state index in [1.165, 1.54) is 22.3 Å². The van der Waals surface area contributed by atoms with Gasteiger partial charge in [0.2, 0.25) is 0 Å². The fourth-order valence-electron chi connectivity index (χ4n) is 3.51. The molecule has 1 aliphatic heterocycles. The lowest BCUT2D eigenvalue weighted by atomic mass is 9.88. The molecule has 0 amide bonds. The monoisotopic (exact) mass is 338 g/mol. The number of benzene rings is 2. The molecule has 2 aromatic rings. The van der Waals surface area contributed by atoms with Crippen molar-refractivity contribution in [3.63, 3.8) is 0 Å². The Kier molecular flexibility index (Phi) is 4.51. The number of methoxy groups -OCH3 is 1. The SMILES string of the molecule is COc1cc(C)c(CCC2(C)C=Cc3cc(O)ccc3O2)c(C)c1C. The lowest BCUT2D eigenvalue weighted by molar-refractivity contribution is 0.127. The van der Waals surface area contributed by atoms with Gasteiger partial charge in [-0.15, -0.1) is 0 Å². The Morgan fingerprint density at radius 2 is 1.88 bits per heavy atom. The van der Waals surface area contributed by atoms with Crippen molar-refractivity contribution in [1.29, 1.82) is 0 Å². The van der Waals surface area contributed by atoms with Crippen molar-refractivity contribution in [2.24, 2.45) is 0 Å². The van der Waals surface area contributed by atoms with Crippen LogP contribution in [0, 0.1) is 20.8 Å². The second kappa shape index (κ2) is 6.47. The van der Waals surface area contributed by atoms with E-state index >= 15 is 0 Å². The maximum absolute atomic E-state index is 9.60. The average molecular weight is 338 g/mol. The number of hydrogen-bond acceptors (Lipinski definition) is 3. The minimum absolute atomic E-state index is 0.260. The highest BCUT2D eigenvalue weighted by molar-refractivity contribution is 5.62. The quantitative estimate of drug-likeness (QED) is 0.840. The number of phenols is 1. The fourth-order valence-corrected chi connectivity index (χ4v) is 3.51. The summed E-state index contributed by atoms with van der Waals surface area (Å²) in [6.45, 7) is 8.53. The molecule has 0 aromatic heterocycles. The largest absolute Gasteiger partial charge is 0.508 e. The molecule has 1 atom stereocenters. The first-order valence-electron chi connectivity index (χ1n) is 8.68. The third kappa shape index (κ3) is 3.37. The van der Waals surface area contributed by atoms with E-state index in [1.54, 1.807) is 19.2 Å². The summed E-state index contributed by atoms with van der Waals surface area (Å²) in [4.78, 5) is 0. The van der Waals surface area contributed by atoms with Crippen LogP contribution in [0.25, 0.3) is 6.08 Å². The van der Waals surface area contributed by atoms with Gasteiger partial charge < -0.3 is 14.6 Å². The zero-order valence-electron chi connectivity index (χ0n) is 15.6. The van der Waals surface area contributed by atoms with Crippen molar-refractivity contribution in [2.75, 3.05) is 7.11 Å². The zero-order chi connectivity index (χ0) is 18.2. The lowest BCUT2D eigenvalue weighted by Gasteiger charge is -2.32. The Balaban J connectivity index is 1.81. The number of aryl methyl sites for hydroxylation is 1. The summed E-state index contributed by atoms with van der Waals surface area (Å²) in [7, 11) is 1.72. The van der Waals surface area contributed by atoms with Crippen LogP contribution in [0.3, 0.4) is 0 Å². The van der Waals surface area contributed by atoms with Crippen LogP contribution in [0.5, 0.6) is 17.2 Å².